The number of nitrogens with one attached hydrogen (secondary N) is 2. The summed E-state index contributed by atoms with van der Waals surface area (Å²) >= 11 is 0. The fourth-order valence-electron chi connectivity index (χ4n) is 1.99. The van der Waals surface area contributed by atoms with E-state index in [4.69, 9.17) is 0 Å². The monoisotopic (exact) mass is 184 g/mol. The van der Waals surface area contributed by atoms with Crippen LogP contribution in [0.2, 0.25) is 0 Å². The van der Waals surface area contributed by atoms with E-state index in [2.05, 4.69) is 20.4 Å². The van der Waals surface area contributed by atoms with Crippen molar-refractivity contribution in [3.63, 3.8) is 0 Å². The molecule has 2 saturated heterocycles. The van der Waals surface area contributed by atoms with Crippen molar-refractivity contribution in [1.82, 2.24) is 20.4 Å². The predicted octanol–water partition coefficient (Wildman–Crippen LogP) is -1.25. The minimum Gasteiger partial charge on any atom is -0.314 e. The van der Waals surface area contributed by atoms with Gasteiger partial charge in [0.2, 0.25) is 0 Å². The zero-order chi connectivity index (χ0) is 8.93. The lowest BCUT2D eigenvalue weighted by Crippen LogP contribution is -2.52. The molecular formula is C9H20N4. The third-order valence-corrected chi connectivity index (χ3v) is 2.82. The lowest BCUT2D eigenvalue weighted by atomic mass is 10.3. The van der Waals surface area contributed by atoms with Gasteiger partial charge in [-0.1, -0.05) is 0 Å². The number of fused-ring (bicyclic) bond motifs is 2. The average molecular weight is 184 g/mol. The molecule has 2 aliphatic heterocycles. The molecule has 0 saturated carbocycles. The third kappa shape index (κ3) is 2.91. The number of rotatable bonds is 0. The summed E-state index contributed by atoms with van der Waals surface area (Å²) in [6.45, 7) is 10.5. The first-order chi connectivity index (χ1) is 6.45. The molecule has 2 rings (SSSR count). The summed E-state index contributed by atoms with van der Waals surface area (Å²) in [6, 6.07) is 0. The first-order valence-corrected chi connectivity index (χ1v) is 5.31. The number of hydrogen-bond acceptors (Lipinski definition) is 4. The second-order valence-corrected chi connectivity index (χ2v) is 3.88. The molecule has 0 spiro atoms. The first kappa shape index (κ1) is 9.40. The van der Waals surface area contributed by atoms with Gasteiger partial charge in [0.1, 0.15) is 0 Å². The summed E-state index contributed by atoms with van der Waals surface area (Å²) < 4.78 is 0. The smallest absolute Gasteiger partial charge is 0.0508 e. The maximum absolute atomic E-state index is 3.46. The van der Waals surface area contributed by atoms with Gasteiger partial charge in [-0.05, 0) is 0 Å². The summed E-state index contributed by atoms with van der Waals surface area (Å²) in [5.74, 6) is 0. The quantitative estimate of drug-likeness (QED) is 0.493. The van der Waals surface area contributed by atoms with Gasteiger partial charge in [0.25, 0.3) is 0 Å². The van der Waals surface area contributed by atoms with E-state index >= 15 is 0 Å². The van der Waals surface area contributed by atoms with Crippen molar-refractivity contribution >= 4 is 0 Å². The SMILES string of the molecule is C1CN2CCNCCN(CCN1)C2. The van der Waals surface area contributed by atoms with E-state index in [-0.39, 0.29) is 0 Å². The van der Waals surface area contributed by atoms with Crippen molar-refractivity contribution in [3.8, 4) is 0 Å². The molecule has 2 N–H and O–H groups in total. The van der Waals surface area contributed by atoms with Crippen molar-refractivity contribution in [2.75, 3.05) is 59.0 Å². The second kappa shape index (κ2) is 4.91. The van der Waals surface area contributed by atoms with Crippen molar-refractivity contribution in [1.29, 1.82) is 0 Å². The van der Waals surface area contributed by atoms with Crippen LogP contribution in [0.1, 0.15) is 0 Å². The average Bonchev–Trinajstić information content (AvgIpc) is 2.00. The Balaban J connectivity index is 1.90. The highest BCUT2D eigenvalue weighted by Gasteiger charge is 2.15. The number of nitrogens with zero attached hydrogens (tertiary/aromatic N) is 2. The van der Waals surface area contributed by atoms with Crippen LogP contribution in [0.5, 0.6) is 0 Å². The van der Waals surface area contributed by atoms with Gasteiger partial charge in [0, 0.05) is 52.4 Å². The van der Waals surface area contributed by atoms with E-state index < -0.39 is 0 Å². The van der Waals surface area contributed by atoms with Crippen LogP contribution in [-0.4, -0.2) is 68.8 Å². The molecule has 0 aliphatic carbocycles. The molecule has 13 heavy (non-hydrogen) atoms. The minimum absolute atomic E-state index is 1.15. The largest absolute Gasteiger partial charge is 0.314 e. The summed E-state index contributed by atoms with van der Waals surface area (Å²) in [5, 5.41) is 6.92. The molecule has 0 aromatic rings. The normalized spacial score (nSPS) is 36.9. The highest BCUT2D eigenvalue weighted by atomic mass is 15.3. The first-order valence-electron chi connectivity index (χ1n) is 5.31. The second-order valence-electron chi connectivity index (χ2n) is 3.88. The topological polar surface area (TPSA) is 30.5 Å². The maximum atomic E-state index is 3.46. The van der Waals surface area contributed by atoms with Crippen LogP contribution in [-0.2, 0) is 0 Å². The Bertz CT molecular complexity index is 123. The van der Waals surface area contributed by atoms with Crippen LogP contribution in [0.15, 0.2) is 0 Å². The summed E-state index contributed by atoms with van der Waals surface area (Å²) in [6.07, 6.45) is 0. The third-order valence-electron chi connectivity index (χ3n) is 2.82. The predicted molar refractivity (Wildman–Crippen MR) is 53.8 cm³/mol. The highest BCUT2D eigenvalue weighted by molar-refractivity contribution is 4.71. The van der Waals surface area contributed by atoms with E-state index in [0.717, 1.165) is 26.2 Å². The van der Waals surface area contributed by atoms with Crippen LogP contribution >= 0.6 is 0 Å². The van der Waals surface area contributed by atoms with Crippen LogP contribution in [0.4, 0.5) is 0 Å². The van der Waals surface area contributed by atoms with E-state index in [0.29, 0.717) is 0 Å². The Hall–Kier alpha value is -0.160. The van der Waals surface area contributed by atoms with Gasteiger partial charge in [-0.15, -0.1) is 0 Å². The molecule has 0 unspecified atom stereocenters. The fourth-order valence-corrected chi connectivity index (χ4v) is 1.99. The highest BCUT2D eigenvalue weighted by Crippen LogP contribution is 1.97. The molecule has 4 nitrogen and oxygen atoms in total. The van der Waals surface area contributed by atoms with Gasteiger partial charge >= 0.3 is 0 Å². The van der Waals surface area contributed by atoms with Gasteiger partial charge in [0.15, 0.2) is 0 Å². The van der Waals surface area contributed by atoms with E-state index in [1.54, 1.807) is 0 Å². The Labute approximate surface area is 80.3 Å². The molecule has 76 valence electrons. The zero-order valence-electron chi connectivity index (χ0n) is 8.26. The van der Waals surface area contributed by atoms with Gasteiger partial charge in [-0.25, -0.2) is 0 Å². The Morgan fingerprint density at radius 2 is 1.00 bits per heavy atom. The zero-order valence-corrected chi connectivity index (χ0v) is 8.26. The molecule has 0 radical (unpaired) electrons. The minimum atomic E-state index is 1.15. The van der Waals surface area contributed by atoms with Gasteiger partial charge in [0.05, 0.1) is 6.67 Å². The molecule has 2 aliphatic rings. The van der Waals surface area contributed by atoms with E-state index in [1.165, 1.54) is 32.8 Å². The summed E-state index contributed by atoms with van der Waals surface area (Å²) in [4.78, 5) is 5.05. The fraction of sp³-hybridized carbons (Fsp3) is 1.00. The standard InChI is InChI=1S/C9H20N4/c1-5-12-7-3-11-4-8-13(9-12)6-2-10-1/h10-11H,1-9H2. The van der Waals surface area contributed by atoms with Gasteiger partial charge < -0.3 is 10.6 Å². The molecule has 4 heteroatoms. The lowest BCUT2D eigenvalue weighted by Gasteiger charge is -2.35. The van der Waals surface area contributed by atoms with Crippen LogP contribution in [0, 0.1) is 0 Å². The molecular weight excluding hydrogens is 164 g/mol. The molecule has 2 bridgehead atoms. The van der Waals surface area contributed by atoms with Crippen LogP contribution < -0.4 is 10.6 Å². The van der Waals surface area contributed by atoms with Crippen molar-refractivity contribution in [2.24, 2.45) is 0 Å². The molecule has 0 aromatic heterocycles. The molecule has 0 amide bonds. The van der Waals surface area contributed by atoms with E-state index in [1.807, 2.05) is 0 Å². The lowest BCUT2D eigenvalue weighted by molar-refractivity contribution is 0.108. The van der Waals surface area contributed by atoms with Crippen molar-refractivity contribution < 1.29 is 0 Å². The molecule has 2 fully saturated rings. The van der Waals surface area contributed by atoms with Gasteiger partial charge in [-0.3, -0.25) is 9.80 Å². The van der Waals surface area contributed by atoms with Crippen molar-refractivity contribution in [2.45, 2.75) is 0 Å². The summed E-state index contributed by atoms with van der Waals surface area (Å²) in [5.41, 5.74) is 0. The Morgan fingerprint density at radius 1 is 0.615 bits per heavy atom. The van der Waals surface area contributed by atoms with Crippen LogP contribution in [0.3, 0.4) is 0 Å². The number of hydrogen-bond donors (Lipinski definition) is 2. The van der Waals surface area contributed by atoms with E-state index in [9.17, 15) is 0 Å². The van der Waals surface area contributed by atoms with Gasteiger partial charge in [-0.2, -0.15) is 0 Å². The Morgan fingerprint density at radius 3 is 1.38 bits per heavy atom. The molecule has 0 aromatic carbocycles. The maximum Gasteiger partial charge on any atom is 0.0508 e. The van der Waals surface area contributed by atoms with Crippen LogP contribution in [0.25, 0.3) is 0 Å². The van der Waals surface area contributed by atoms with Crippen molar-refractivity contribution in [3.05, 3.63) is 0 Å². The molecule has 0 atom stereocenters. The Kier molecular flexibility index (Phi) is 3.55. The summed E-state index contributed by atoms with van der Waals surface area (Å²) in [7, 11) is 0. The molecule has 2 heterocycles.